The standard InChI is InChI=1S/C22H27N5O3S/c1-15-7-9-18(13-16(15)2)23-22(31)25-24-21(28)17-8-10-19(20(14-17)27(29)30)26-11-5-3-4-6-12-26/h7-10,13-14H,3-6,11-12H2,1-2H3,(H,24,28)(H2,23,25,31). The molecule has 31 heavy (non-hydrogen) atoms. The van der Waals surface area contributed by atoms with Gasteiger partial charge in [0.15, 0.2) is 5.11 Å². The van der Waals surface area contributed by atoms with Gasteiger partial charge in [-0.1, -0.05) is 18.9 Å². The second-order valence-electron chi connectivity index (χ2n) is 7.69. The number of nitrogens with zero attached hydrogens (tertiary/aromatic N) is 2. The van der Waals surface area contributed by atoms with Gasteiger partial charge >= 0.3 is 0 Å². The SMILES string of the molecule is Cc1ccc(NC(=S)NNC(=O)c2ccc(N3CCCCCC3)c([N+](=O)[O-])c2)cc1C. The maximum Gasteiger partial charge on any atom is 0.293 e. The lowest BCUT2D eigenvalue weighted by atomic mass is 10.1. The number of benzene rings is 2. The van der Waals surface area contributed by atoms with E-state index in [2.05, 4.69) is 16.2 Å². The van der Waals surface area contributed by atoms with Crippen LogP contribution >= 0.6 is 12.2 Å². The second-order valence-corrected chi connectivity index (χ2v) is 8.10. The first-order chi connectivity index (χ1) is 14.8. The van der Waals surface area contributed by atoms with Crippen LogP contribution < -0.4 is 21.1 Å². The zero-order valence-corrected chi connectivity index (χ0v) is 18.6. The fourth-order valence-corrected chi connectivity index (χ4v) is 3.73. The van der Waals surface area contributed by atoms with Crippen LogP contribution in [-0.2, 0) is 0 Å². The van der Waals surface area contributed by atoms with E-state index < -0.39 is 10.8 Å². The fourth-order valence-electron chi connectivity index (χ4n) is 3.56. The molecule has 8 nitrogen and oxygen atoms in total. The van der Waals surface area contributed by atoms with Gasteiger partial charge in [-0.15, -0.1) is 0 Å². The van der Waals surface area contributed by atoms with Gasteiger partial charge in [0.25, 0.3) is 11.6 Å². The van der Waals surface area contributed by atoms with Crippen molar-refractivity contribution < 1.29 is 9.72 Å². The first-order valence-corrected chi connectivity index (χ1v) is 10.7. The highest BCUT2D eigenvalue weighted by atomic mass is 32.1. The van der Waals surface area contributed by atoms with Gasteiger partial charge < -0.3 is 10.2 Å². The molecule has 0 unspecified atom stereocenters. The highest BCUT2D eigenvalue weighted by Gasteiger charge is 2.22. The lowest BCUT2D eigenvalue weighted by Gasteiger charge is -2.22. The van der Waals surface area contributed by atoms with Crippen molar-refractivity contribution in [2.45, 2.75) is 39.5 Å². The molecule has 0 atom stereocenters. The number of aryl methyl sites for hydroxylation is 2. The fraction of sp³-hybridized carbons (Fsp3) is 0.364. The van der Waals surface area contributed by atoms with Crippen LogP contribution in [0, 0.1) is 24.0 Å². The molecular weight excluding hydrogens is 414 g/mol. The molecule has 0 saturated carbocycles. The van der Waals surface area contributed by atoms with Crippen molar-refractivity contribution in [1.29, 1.82) is 0 Å². The maximum atomic E-state index is 12.5. The molecule has 3 rings (SSSR count). The van der Waals surface area contributed by atoms with Crippen molar-refractivity contribution in [1.82, 2.24) is 10.9 Å². The molecule has 0 aromatic heterocycles. The summed E-state index contributed by atoms with van der Waals surface area (Å²) in [5, 5.41) is 14.9. The number of thiocarbonyl (C=S) groups is 1. The van der Waals surface area contributed by atoms with E-state index in [0.717, 1.165) is 50.0 Å². The van der Waals surface area contributed by atoms with Gasteiger partial charge in [-0.25, -0.2) is 0 Å². The van der Waals surface area contributed by atoms with Crippen LogP contribution in [0.1, 0.15) is 47.2 Å². The third-order valence-electron chi connectivity index (χ3n) is 5.44. The maximum absolute atomic E-state index is 12.5. The van der Waals surface area contributed by atoms with Crippen molar-refractivity contribution in [3.8, 4) is 0 Å². The number of hydrogen-bond acceptors (Lipinski definition) is 5. The second kappa shape index (κ2) is 10.2. The number of nitro benzene ring substituents is 1. The van der Waals surface area contributed by atoms with E-state index in [9.17, 15) is 14.9 Å². The monoisotopic (exact) mass is 441 g/mol. The average molecular weight is 442 g/mol. The number of anilines is 2. The van der Waals surface area contributed by atoms with Gasteiger partial charge in [0.1, 0.15) is 5.69 Å². The van der Waals surface area contributed by atoms with Gasteiger partial charge in [-0.3, -0.25) is 25.8 Å². The Kier molecular flexibility index (Phi) is 7.41. The molecule has 3 N–H and O–H groups in total. The first kappa shape index (κ1) is 22.5. The summed E-state index contributed by atoms with van der Waals surface area (Å²) < 4.78 is 0. The Morgan fingerprint density at radius 1 is 1.00 bits per heavy atom. The number of carbonyl (C=O) groups is 1. The van der Waals surface area contributed by atoms with E-state index in [1.54, 1.807) is 12.1 Å². The number of hydrogen-bond donors (Lipinski definition) is 3. The van der Waals surface area contributed by atoms with Crippen LogP contribution in [0.2, 0.25) is 0 Å². The van der Waals surface area contributed by atoms with Crippen LogP contribution in [0.25, 0.3) is 0 Å². The highest BCUT2D eigenvalue weighted by molar-refractivity contribution is 7.80. The number of nitro groups is 1. The summed E-state index contributed by atoms with van der Waals surface area (Å²) in [5.74, 6) is -0.505. The predicted octanol–water partition coefficient (Wildman–Crippen LogP) is 4.22. The molecule has 1 amide bonds. The Labute approximate surface area is 187 Å². The minimum Gasteiger partial charge on any atom is -0.366 e. The Balaban J connectivity index is 1.65. The van der Waals surface area contributed by atoms with E-state index in [1.165, 1.54) is 11.6 Å². The molecule has 164 valence electrons. The average Bonchev–Trinajstić information content (AvgIpc) is 3.03. The smallest absolute Gasteiger partial charge is 0.293 e. The van der Waals surface area contributed by atoms with Crippen molar-refractivity contribution in [2.24, 2.45) is 0 Å². The van der Waals surface area contributed by atoms with Crippen LogP contribution in [0.4, 0.5) is 17.1 Å². The Morgan fingerprint density at radius 3 is 2.35 bits per heavy atom. The van der Waals surface area contributed by atoms with Crippen LogP contribution in [0.3, 0.4) is 0 Å². The highest BCUT2D eigenvalue weighted by Crippen LogP contribution is 2.31. The molecule has 1 aliphatic heterocycles. The molecule has 0 spiro atoms. The largest absolute Gasteiger partial charge is 0.366 e. The third kappa shape index (κ3) is 5.91. The summed E-state index contributed by atoms with van der Waals surface area (Å²) in [7, 11) is 0. The molecule has 9 heteroatoms. The molecule has 1 aliphatic rings. The number of carbonyl (C=O) groups excluding carboxylic acids is 1. The zero-order valence-electron chi connectivity index (χ0n) is 17.7. The van der Waals surface area contributed by atoms with Crippen molar-refractivity contribution >= 4 is 40.3 Å². The number of amides is 1. The summed E-state index contributed by atoms with van der Waals surface area (Å²) >= 11 is 5.21. The summed E-state index contributed by atoms with van der Waals surface area (Å²) in [5.41, 5.74) is 8.90. The van der Waals surface area contributed by atoms with E-state index in [0.29, 0.717) is 5.69 Å². The predicted molar refractivity (Wildman–Crippen MR) is 127 cm³/mol. The normalized spacial score (nSPS) is 13.8. The first-order valence-electron chi connectivity index (χ1n) is 10.3. The van der Waals surface area contributed by atoms with E-state index in [4.69, 9.17) is 12.2 Å². The summed E-state index contributed by atoms with van der Waals surface area (Å²) in [6, 6.07) is 10.4. The van der Waals surface area contributed by atoms with E-state index >= 15 is 0 Å². The van der Waals surface area contributed by atoms with Gasteiger partial charge in [-0.2, -0.15) is 0 Å². The Hall–Kier alpha value is -3.20. The van der Waals surface area contributed by atoms with E-state index in [-0.39, 0.29) is 16.4 Å². The molecule has 1 fully saturated rings. The van der Waals surface area contributed by atoms with Crippen LogP contribution in [0.5, 0.6) is 0 Å². The molecule has 0 bridgehead atoms. The quantitative estimate of drug-likeness (QED) is 0.371. The molecule has 0 radical (unpaired) electrons. The topological polar surface area (TPSA) is 99.5 Å². The van der Waals surface area contributed by atoms with Crippen molar-refractivity contribution in [2.75, 3.05) is 23.3 Å². The van der Waals surface area contributed by atoms with Gasteiger partial charge in [0.05, 0.1) is 4.92 Å². The lowest BCUT2D eigenvalue weighted by Crippen LogP contribution is -2.43. The molecule has 1 heterocycles. The minimum absolute atomic E-state index is 0.0645. The molecular formula is C22H27N5O3S. The Bertz CT molecular complexity index is 987. The molecule has 0 aliphatic carbocycles. The minimum atomic E-state index is -0.505. The molecule has 2 aromatic rings. The third-order valence-corrected chi connectivity index (χ3v) is 5.64. The zero-order chi connectivity index (χ0) is 22.4. The molecule has 2 aromatic carbocycles. The van der Waals surface area contributed by atoms with Crippen LogP contribution in [-0.4, -0.2) is 29.0 Å². The Morgan fingerprint density at radius 2 is 1.71 bits per heavy atom. The number of nitrogens with one attached hydrogen (secondary N) is 3. The summed E-state index contributed by atoms with van der Waals surface area (Å²) in [4.78, 5) is 25.8. The summed E-state index contributed by atoms with van der Waals surface area (Å²) in [6.07, 6.45) is 4.28. The van der Waals surface area contributed by atoms with E-state index in [1.807, 2.05) is 36.9 Å². The number of hydrazine groups is 1. The summed E-state index contributed by atoms with van der Waals surface area (Å²) in [6.45, 7) is 5.59. The van der Waals surface area contributed by atoms with Gasteiger partial charge in [0, 0.05) is 30.4 Å². The van der Waals surface area contributed by atoms with Gasteiger partial charge in [0.2, 0.25) is 0 Å². The van der Waals surface area contributed by atoms with Crippen LogP contribution in [0.15, 0.2) is 36.4 Å². The molecule has 1 saturated heterocycles. The van der Waals surface area contributed by atoms with Gasteiger partial charge in [-0.05, 0) is 74.3 Å². The van der Waals surface area contributed by atoms with Crippen molar-refractivity contribution in [3.05, 3.63) is 63.2 Å². The van der Waals surface area contributed by atoms with Crippen molar-refractivity contribution in [3.63, 3.8) is 0 Å². The number of rotatable bonds is 4. The lowest BCUT2D eigenvalue weighted by molar-refractivity contribution is -0.384.